The second-order valence-corrected chi connectivity index (χ2v) is 6.42. The van der Waals surface area contributed by atoms with Crippen LogP contribution >= 0.6 is 0 Å². The standard InChI is InChI=1S/C18H22FN3/c1-13-4-3-5-16(13)11-22(2)12-17(10-21)14-6-7-15(9-20)18(19)8-14/h6-8,13,16-17H,3-5,11-12H2,1-2H3/t13-,16-,17-/m0/s1. The largest absolute Gasteiger partial charge is 0.304 e. The average Bonchev–Trinajstić information content (AvgIpc) is 2.90. The van der Waals surface area contributed by atoms with Gasteiger partial charge in [-0.25, -0.2) is 4.39 Å². The highest BCUT2D eigenvalue weighted by molar-refractivity contribution is 5.36. The van der Waals surface area contributed by atoms with Crippen molar-refractivity contribution in [3.63, 3.8) is 0 Å². The third-order valence-corrected chi connectivity index (χ3v) is 4.75. The van der Waals surface area contributed by atoms with Gasteiger partial charge in [0.15, 0.2) is 0 Å². The maximum absolute atomic E-state index is 13.7. The first kappa shape index (κ1) is 16.5. The fraction of sp³-hybridized carbons (Fsp3) is 0.556. The summed E-state index contributed by atoms with van der Waals surface area (Å²) in [7, 11) is 2.02. The summed E-state index contributed by atoms with van der Waals surface area (Å²) in [5, 5.41) is 18.2. The summed E-state index contributed by atoms with van der Waals surface area (Å²) >= 11 is 0. The molecule has 0 bridgehead atoms. The molecule has 0 spiro atoms. The van der Waals surface area contributed by atoms with Crippen molar-refractivity contribution in [1.82, 2.24) is 4.90 Å². The van der Waals surface area contributed by atoms with Crippen molar-refractivity contribution in [1.29, 1.82) is 10.5 Å². The van der Waals surface area contributed by atoms with Crippen LogP contribution in [0.2, 0.25) is 0 Å². The van der Waals surface area contributed by atoms with Gasteiger partial charge < -0.3 is 4.90 Å². The molecule has 3 nitrogen and oxygen atoms in total. The Morgan fingerprint density at radius 2 is 2.14 bits per heavy atom. The Morgan fingerprint density at radius 1 is 1.36 bits per heavy atom. The zero-order chi connectivity index (χ0) is 16.1. The lowest BCUT2D eigenvalue weighted by atomic mass is 9.95. The van der Waals surface area contributed by atoms with E-state index in [4.69, 9.17) is 5.26 Å². The van der Waals surface area contributed by atoms with Crippen molar-refractivity contribution in [2.75, 3.05) is 20.1 Å². The van der Waals surface area contributed by atoms with Crippen LogP contribution in [-0.4, -0.2) is 25.0 Å². The molecule has 3 atom stereocenters. The summed E-state index contributed by atoms with van der Waals surface area (Å²) < 4.78 is 13.7. The molecule has 0 heterocycles. The molecule has 0 aliphatic heterocycles. The molecule has 1 saturated carbocycles. The molecule has 0 aromatic heterocycles. The molecule has 0 N–H and O–H groups in total. The van der Waals surface area contributed by atoms with Crippen molar-refractivity contribution in [3.8, 4) is 12.1 Å². The van der Waals surface area contributed by atoms with E-state index in [0.717, 1.165) is 12.5 Å². The number of hydrogen-bond donors (Lipinski definition) is 0. The van der Waals surface area contributed by atoms with E-state index in [1.165, 1.54) is 31.4 Å². The quantitative estimate of drug-likeness (QED) is 0.833. The second kappa shape index (κ2) is 7.38. The molecule has 1 aliphatic carbocycles. The van der Waals surface area contributed by atoms with Gasteiger partial charge in [-0.2, -0.15) is 10.5 Å². The lowest BCUT2D eigenvalue weighted by Gasteiger charge is -2.25. The maximum atomic E-state index is 13.7. The molecular weight excluding hydrogens is 277 g/mol. The third kappa shape index (κ3) is 3.84. The molecule has 1 aromatic carbocycles. The first-order valence-corrected chi connectivity index (χ1v) is 7.82. The molecule has 116 valence electrons. The van der Waals surface area contributed by atoms with E-state index in [9.17, 15) is 9.65 Å². The molecule has 1 aliphatic rings. The zero-order valence-electron chi connectivity index (χ0n) is 13.2. The molecule has 0 radical (unpaired) electrons. The molecule has 0 unspecified atom stereocenters. The molecule has 1 aromatic rings. The predicted molar refractivity (Wildman–Crippen MR) is 83.5 cm³/mol. The van der Waals surface area contributed by atoms with Gasteiger partial charge in [0.25, 0.3) is 0 Å². The lowest BCUT2D eigenvalue weighted by molar-refractivity contribution is 0.244. The zero-order valence-corrected chi connectivity index (χ0v) is 13.2. The highest BCUT2D eigenvalue weighted by Crippen LogP contribution is 2.32. The Labute approximate surface area is 132 Å². The number of benzene rings is 1. The van der Waals surface area contributed by atoms with E-state index in [0.29, 0.717) is 18.0 Å². The fourth-order valence-electron chi connectivity index (χ4n) is 3.34. The summed E-state index contributed by atoms with van der Waals surface area (Å²) in [6, 6.07) is 8.52. The van der Waals surface area contributed by atoms with Gasteiger partial charge in [-0.1, -0.05) is 25.8 Å². The van der Waals surface area contributed by atoms with E-state index >= 15 is 0 Å². The van der Waals surface area contributed by atoms with Crippen molar-refractivity contribution >= 4 is 0 Å². The highest BCUT2D eigenvalue weighted by Gasteiger charge is 2.25. The SMILES string of the molecule is C[C@H]1CCC[C@H]1CN(C)C[C@H](C#N)c1ccc(C#N)c(F)c1. The first-order valence-electron chi connectivity index (χ1n) is 7.82. The molecule has 1 fully saturated rings. The lowest BCUT2D eigenvalue weighted by Crippen LogP contribution is -2.30. The van der Waals surface area contributed by atoms with Crippen molar-refractivity contribution < 1.29 is 4.39 Å². The van der Waals surface area contributed by atoms with Crippen LogP contribution in [0.25, 0.3) is 0 Å². The van der Waals surface area contributed by atoms with Gasteiger partial charge in [-0.15, -0.1) is 0 Å². The molecule has 2 rings (SSSR count). The molecule has 0 amide bonds. The van der Waals surface area contributed by atoms with Crippen LogP contribution in [0.15, 0.2) is 18.2 Å². The Bertz CT molecular complexity index is 599. The Hall–Kier alpha value is -1.91. The molecule has 0 saturated heterocycles. The minimum absolute atomic E-state index is 0.0218. The van der Waals surface area contributed by atoms with E-state index in [2.05, 4.69) is 17.9 Å². The van der Waals surface area contributed by atoms with Gasteiger partial charge in [0.2, 0.25) is 0 Å². The number of nitrogens with zero attached hydrogens (tertiary/aromatic N) is 3. The number of nitriles is 2. The van der Waals surface area contributed by atoms with Gasteiger partial charge in [0.1, 0.15) is 11.9 Å². The minimum Gasteiger partial charge on any atom is -0.304 e. The van der Waals surface area contributed by atoms with Gasteiger partial charge >= 0.3 is 0 Å². The van der Waals surface area contributed by atoms with Gasteiger partial charge in [-0.3, -0.25) is 0 Å². The van der Waals surface area contributed by atoms with E-state index < -0.39 is 5.82 Å². The highest BCUT2D eigenvalue weighted by atomic mass is 19.1. The van der Waals surface area contributed by atoms with Gasteiger partial charge in [-0.05, 0) is 43.0 Å². The first-order chi connectivity index (χ1) is 10.5. The minimum atomic E-state index is -0.549. The molecular formula is C18H22FN3. The van der Waals surface area contributed by atoms with Crippen LogP contribution in [0.1, 0.15) is 43.2 Å². The van der Waals surface area contributed by atoms with Crippen LogP contribution in [0, 0.1) is 40.3 Å². The summed E-state index contributed by atoms with van der Waals surface area (Å²) in [5.41, 5.74) is 0.666. The third-order valence-electron chi connectivity index (χ3n) is 4.75. The summed E-state index contributed by atoms with van der Waals surface area (Å²) in [6.45, 7) is 3.87. The van der Waals surface area contributed by atoms with Crippen LogP contribution in [0.3, 0.4) is 0 Å². The summed E-state index contributed by atoms with van der Waals surface area (Å²) in [5.74, 6) is 0.522. The summed E-state index contributed by atoms with van der Waals surface area (Å²) in [6.07, 6.45) is 3.84. The average molecular weight is 299 g/mol. The van der Waals surface area contributed by atoms with Crippen LogP contribution < -0.4 is 0 Å². The second-order valence-electron chi connectivity index (χ2n) is 6.42. The number of rotatable bonds is 5. The number of likely N-dealkylation sites (N-methyl/N-ethyl adjacent to an activating group) is 1. The number of halogens is 1. The monoisotopic (exact) mass is 299 g/mol. The van der Waals surface area contributed by atoms with E-state index in [1.807, 2.05) is 7.05 Å². The van der Waals surface area contributed by atoms with E-state index in [1.54, 1.807) is 12.1 Å². The van der Waals surface area contributed by atoms with E-state index in [-0.39, 0.29) is 11.5 Å². The van der Waals surface area contributed by atoms with Crippen molar-refractivity contribution in [2.45, 2.75) is 32.1 Å². The van der Waals surface area contributed by atoms with Gasteiger partial charge in [0.05, 0.1) is 17.6 Å². The van der Waals surface area contributed by atoms with Gasteiger partial charge in [0, 0.05) is 13.1 Å². The van der Waals surface area contributed by atoms with Crippen LogP contribution in [-0.2, 0) is 0 Å². The number of hydrogen-bond acceptors (Lipinski definition) is 3. The molecule has 4 heteroatoms. The van der Waals surface area contributed by atoms with Crippen LogP contribution in [0.4, 0.5) is 4.39 Å². The predicted octanol–water partition coefficient (Wildman–Crippen LogP) is 3.67. The normalized spacial score (nSPS) is 22.3. The fourth-order valence-corrected chi connectivity index (χ4v) is 3.34. The Balaban J connectivity index is 2.01. The Kier molecular flexibility index (Phi) is 5.52. The topological polar surface area (TPSA) is 50.8 Å². The maximum Gasteiger partial charge on any atom is 0.141 e. The van der Waals surface area contributed by atoms with Crippen molar-refractivity contribution in [3.05, 3.63) is 35.1 Å². The molecule has 22 heavy (non-hydrogen) atoms. The van der Waals surface area contributed by atoms with Crippen LogP contribution in [0.5, 0.6) is 0 Å². The Morgan fingerprint density at radius 3 is 2.68 bits per heavy atom. The van der Waals surface area contributed by atoms with Crippen molar-refractivity contribution in [2.24, 2.45) is 11.8 Å². The summed E-state index contributed by atoms with van der Waals surface area (Å²) in [4.78, 5) is 2.18. The smallest absolute Gasteiger partial charge is 0.141 e.